The molecule has 1 aliphatic heterocycles. The van der Waals surface area contributed by atoms with Crippen LogP contribution in [0.5, 0.6) is 0 Å². The summed E-state index contributed by atoms with van der Waals surface area (Å²) in [4.78, 5) is 26.6. The number of hydrogen-bond donors (Lipinski definition) is 6. The van der Waals surface area contributed by atoms with Crippen LogP contribution >= 0.6 is 0 Å². The lowest BCUT2D eigenvalue weighted by Crippen LogP contribution is -2.61. The number of aliphatic hydroxyl groups is 5. The minimum absolute atomic E-state index is 0.124. The van der Waals surface area contributed by atoms with E-state index in [1.165, 1.54) is 225 Å². The van der Waals surface area contributed by atoms with Gasteiger partial charge in [0.1, 0.15) is 24.4 Å². The van der Waals surface area contributed by atoms with E-state index in [1.807, 2.05) is 6.08 Å². The summed E-state index contributed by atoms with van der Waals surface area (Å²) < 4.78 is 17.7. The first-order valence-corrected chi connectivity index (χ1v) is 34.8. The minimum atomic E-state index is -1.61. The Morgan fingerprint density at radius 1 is 0.481 bits per heavy atom. The molecule has 0 aliphatic carbocycles. The van der Waals surface area contributed by atoms with Gasteiger partial charge in [-0.05, 0) is 57.8 Å². The van der Waals surface area contributed by atoms with Crippen LogP contribution in [-0.2, 0) is 23.8 Å². The Kier molecular flexibility index (Phi) is 55.3. The molecule has 11 heteroatoms. The van der Waals surface area contributed by atoms with Gasteiger partial charge in [-0.15, -0.1) is 0 Å². The zero-order chi connectivity index (χ0) is 58.9. The predicted molar refractivity (Wildman–Crippen MR) is 338 cm³/mol. The van der Waals surface area contributed by atoms with E-state index >= 15 is 0 Å². The lowest BCUT2D eigenvalue weighted by Gasteiger charge is -2.41. The fourth-order valence-electron chi connectivity index (χ4n) is 11.0. The first kappa shape index (κ1) is 76.9. The molecular formula is C70H131NO10. The second kappa shape index (κ2) is 58.3. The second-order valence-corrected chi connectivity index (χ2v) is 24.3. The van der Waals surface area contributed by atoms with Crippen molar-refractivity contribution >= 4 is 11.9 Å². The van der Waals surface area contributed by atoms with Crippen LogP contribution in [0.3, 0.4) is 0 Å². The number of carbonyl (C=O) groups excluding carboxylic acids is 2. The zero-order valence-corrected chi connectivity index (χ0v) is 52.9. The number of aliphatic hydroxyl groups excluding tert-OH is 5. The Bertz CT molecular complexity index is 1460. The molecule has 8 unspecified atom stereocenters. The molecule has 0 aromatic carbocycles. The Labute approximate surface area is 498 Å². The van der Waals surface area contributed by atoms with Crippen LogP contribution in [0.2, 0.25) is 0 Å². The number of allylic oxidation sites excluding steroid dienone is 5. The second-order valence-electron chi connectivity index (χ2n) is 24.3. The third-order valence-electron chi connectivity index (χ3n) is 16.5. The summed E-state index contributed by atoms with van der Waals surface area (Å²) >= 11 is 0. The van der Waals surface area contributed by atoms with E-state index in [1.54, 1.807) is 6.08 Å². The van der Waals surface area contributed by atoms with Crippen LogP contribution in [0.15, 0.2) is 36.5 Å². The van der Waals surface area contributed by atoms with Gasteiger partial charge in [-0.3, -0.25) is 9.59 Å². The molecule has 1 aliphatic rings. The number of ether oxygens (including phenoxy) is 3. The van der Waals surface area contributed by atoms with Crippen molar-refractivity contribution < 1.29 is 49.3 Å². The molecule has 0 aromatic heterocycles. The SMILES string of the molecule is CCCCC/C=C\C/C=C\CCCCCCCCCCCCCC(=O)OC1C(OCC(NC(=O)C(O)CCCCCCCCCCCCCCCCCCCCCC)C(O)/C=C/CCCCCCCCCCC)OC(CO)C(O)C1O. The van der Waals surface area contributed by atoms with Gasteiger partial charge in [0.25, 0.3) is 0 Å². The van der Waals surface area contributed by atoms with Gasteiger partial charge in [-0.2, -0.15) is 0 Å². The molecule has 11 nitrogen and oxygen atoms in total. The molecular weight excluding hydrogens is 1010 g/mol. The van der Waals surface area contributed by atoms with Crippen molar-refractivity contribution in [2.75, 3.05) is 13.2 Å². The maximum absolute atomic E-state index is 13.5. The lowest BCUT2D eigenvalue weighted by atomic mass is 9.99. The first-order chi connectivity index (χ1) is 39.7. The lowest BCUT2D eigenvalue weighted by molar-refractivity contribution is -0.305. The quantitative estimate of drug-likeness (QED) is 0.0195. The molecule has 6 N–H and O–H groups in total. The molecule has 0 spiro atoms. The Balaban J connectivity index is 2.57. The molecule has 81 heavy (non-hydrogen) atoms. The topological polar surface area (TPSA) is 175 Å². The summed E-state index contributed by atoms with van der Waals surface area (Å²) in [5.74, 6) is -1.18. The van der Waals surface area contributed by atoms with Crippen molar-refractivity contribution in [3.05, 3.63) is 36.5 Å². The fraction of sp³-hybridized carbons (Fsp3) is 0.886. The van der Waals surface area contributed by atoms with Crippen molar-refractivity contribution in [1.29, 1.82) is 0 Å². The monoisotopic (exact) mass is 1150 g/mol. The average molecular weight is 1150 g/mol. The highest BCUT2D eigenvalue weighted by Crippen LogP contribution is 2.26. The van der Waals surface area contributed by atoms with Gasteiger partial charge >= 0.3 is 5.97 Å². The van der Waals surface area contributed by atoms with Crippen LogP contribution < -0.4 is 5.32 Å². The molecule has 0 saturated carbocycles. The number of esters is 1. The summed E-state index contributed by atoms with van der Waals surface area (Å²) in [7, 11) is 0. The van der Waals surface area contributed by atoms with E-state index in [9.17, 15) is 35.1 Å². The molecule has 1 amide bonds. The van der Waals surface area contributed by atoms with Crippen LogP contribution in [0.25, 0.3) is 0 Å². The van der Waals surface area contributed by atoms with Gasteiger partial charge in [0.05, 0.1) is 25.4 Å². The molecule has 1 heterocycles. The van der Waals surface area contributed by atoms with Gasteiger partial charge in [-0.1, -0.05) is 308 Å². The third kappa shape index (κ3) is 45.9. The predicted octanol–water partition coefficient (Wildman–Crippen LogP) is 17.4. The standard InChI is InChI=1S/C70H131NO10/c1-4-7-10-13-16-19-22-24-26-28-30-32-34-36-38-40-43-46-49-52-55-58-65(75)81-68-67(77)66(76)64(59-72)80-70(68)79-60-61(62(73)56-53-50-47-44-41-21-18-15-12-9-6-3)71-69(78)63(74)57-54-51-48-45-42-39-37-35-33-31-29-27-25-23-20-17-14-11-8-5-2/h16,19,24,26,53,56,61-64,66-68,70,72-74,76-77H,4-15,17-18,20-23,25,27-52,54-55,57-60H2,1-3H3,(H,71,78)/b19-16-,26-24-,56-53+. The van der Waals surface area contributed by atoms with Crippen molar-refractivity contribution in [3.63, 3.8) is 0 Å². The van der Waals surface area contributed by atoms with Gasteiger partial charge in [0.2, 0.25) is 5.91 Å². The smallest absolute Gasteiger partial charge is 0.306 e. The highest BCUT2D eigenvalue weighted by Gasteiger charge is 2.47. The number of carbonyl (C=O) groups is 2. The van der Waals surface area contributed by atoms with E-state index in [-0.39, 0.29) is 13.0 Å². The Hall–Kier alpha value is -2.12. The maximum Gasteiger partial charge on any atom is 0.306 e. The van der Waals surface area contributed by atoms with Gasteiger partial charge < -0.3 is 45.1 Å². The summed E-state index contributed by atoms with van der Waals surface area (Å²) in [6, 6.07) is -1.02. The van der Waals surface area contributed by atoms with Gasteiger partial charge in [-0.25, -0.2) is 0 Å². The van der Waals surface area contributed by atoms with Crippen molar-refractivity contribution in [3.8, 4) is 0 Å². The van der Waals surface area contributed by atoms with E-state index in [2.05, 4.69) is 50.4 Å². The normalized spacial score (nSPS) is 18.8. The van der Waals surface area contributed by atoms with E-state index in [0.29, 0.717) is 19.3 Å². The van der Waals surface area contributed by atoms with Crippen molar-refractivity contribution in [2.45, 2.75) is 384 Å². The van der Waals surface area contributed by atoms with E-state index < -0.39 is 67.4 Å². The maximum atomic E-state index is 13.5. The average Bonchev–Trinajstić information content (AvgIpc) is 3.50. The number of amides is 1. The zero-order valence-electron chi connectivity index (χ0n) is 52.9. The third-order valence-corrected chi connectivity index (χ3v) is 16.5. The molecule has 476 valence electrons. The fourth-order valence-corrected chi connectivity index (χ4v) is 11.0. The Morgan fingerprint density at radius 3 is 1.28 bits per heavy atom. The highest BCUT2D eigenvalue weighted by atomic mass is 16.7. The summed E-state index contributed by atoms with van der Waals surface area (Å²) in [6.45, 7) is 5.81. The highest BCUT2D eigenvalue weighted by molar-refractivity contribution is 5.80. The molecule has 1 saturated heterocycles. The van der Waals surface area contributed by atoms with E-state index in [0.717, 1.165) is 64.2 Å². The molecule has 0 radical (unpaired) electrons. The van der Waals surface area contributed by atoms with Crippen LogP contribution in [-0.4, -0.2) is 99.6 Å². The number of rotatable bonds is 60. The molecule has 1 fully saturated rings. The van der Waals surface area contributed by atoms with Crippen LogP contribution in [0, 0.1) is 0 Å². The summed E-state index contributed by atoms with van der Waals surface area (Å²) in [6.07, 6.45) is 60.4. The summed E-state index contributed by atoms with van der Waals surface area (Å²) in [5, 5.41) is 57.2. The minimum Gasteiger partial charge on any atom is -0.454 e. The Morgan fingerprint density at radius 2 is 0.852 bits per heavy atom. The van der Waals surface area contributed by atoms with Gasteiger partial charge in [0, 0.05) is 6.42 Å². The van der Waals surface area contributed by atoms with Crippen LogP contribution in [0.1, 0.15) is 335 Å². The summed E-state index contributed by atoms with van der Waals surface area (Å²) in [5.41, 5.74) is 0. The van der Waals surface area contributed by atoms with Crippen LogP contribution in [0.4, 0.5) is 0 Å². The number of hydrogen-bond acceptors (Lipinski definition) is 10. The van der Waals surface area contributed by atoms with Gasteiger partial charge in [0.15, 0.2) is 12.4 Å². The van der Waals surface area contributed by atoms with E-state index in [4.69, 9.17) is 14.2 Å². The molecule has 1 rings (SSSR count). The molecule has 0 aromatic rings. The van der Waals surface area contributed by atoms with Crippen molar-refractivity contribution in [2.24, 2.45) is 0 Å². The first-order valence-electron chi connectivity index (χ1n) is 34.8. The van der Waals surface area contributed by atoms with Crippen molar-refractivity contribution in [1.82, 2.24) is 5.32 Å². The molecule has 0 bridgehead atoms. The number of unbranched alkanes of at least 4 members (excludes halogenated alkanes) is 42. The number of nitrogens with one attached hydrogen (secondary N) is 1. The molecule has 8 atom stereocenters. The largest absolute Gasteiger partial charge is 0.454 e.